The number of halogens is 1. The predicted molar refractivity (Wildman–Crippen MR) is 63.5 cm³/mol. The van der Waals surface area contributed by atoms with E-state index in [0.29, 0.717) is 16.3 Å². The summed E-state index contributed by atoms with van der Waals surface area (Å²) in [4.78, 5) is 10.9. The Morgan fingerprint density at radius 2 is 2.12 bits per heavy atom. The summed E-state index contributed by atoms with van der Waals surface area (Å²) < 4.78 is 4.39. The number of nitrogen functional groups attached to an aromatic ring is 1. The molecule has 5 nitrogen and oxygen atoms in total. The molecule has 2 unspecified atom stereocenters. The van der Waals surface area contributed by atoms with Crippen LogP contribution in [0.4, 0.5) is 5.69 Å². The van der Waals surface area contributed by atoms with Gasteiger partial charge < -0.3 is 20.7 Å². The van der Waals surface area contributed by atoms with Gasteiger partial charge in [-0.2, -0.15) is 0 Å². The van der Waals surface area contributed by atoms with Crippen LogP contribution in [0.3, 0.4) is 0 Å². The Kier molecular flexibility index (Phi) is 4.74. The number of rotatable bonds is 4. The molecule has 0 spiro atoms. The molecule has 0 fully saturated rings. The van der Waals surface area contributed by atoms with Crippen LogP contribution in [-0.4, -0.2) is 29.4 Å². The van der Waals surface area contributed by atoms with E-state index < -0.39 is 18.2 Å². The van der Waals surface area contributed by atoms with E-state index in [2.05, 4.69) is 4.74 Å². The molecule has 0 amide bonds. The van der Waals surface area contributed by atoms with Gasteiger partial charge in [-0.05, 0) is 23.8 Å². The number of hydrogen-bond acceptors (Lipinski definition) is 5. The van der Waals surface area contributed by atoms with Crippen molar-refractivity contribution in [3.63, 3.8) is 0 Å². The Balaban J connectivity index is 2.80. The number of carbonyl (C=O) groups excluding carboxylic acids is 1. The lowest BCUT2D eigenvalue weighted by atomic mass is 10.0. The van der Waals surface area contributed by atoms with Gasteiger partial charge in [-0.1, -0.05) is 11.6 Å². The zero-order valence-electron chi connectivity index (χ0n) is 9.26. The Hall–Kier alpha value is -1.30. The van der Waals surface area contributed by atoms with Crippen molar-refractivity contribution in [2.24, 2.45) is 0 Å². The quantitative estimate of drug-likeness (QED) is 0.551. The highest BCUT2D eigenvalue weighted by Gasteiger charge is 2.22. The van der Waals surface area contributed by atoms with Gasteiger partial charge in [0.15, 0.2) is 0 Å². The maximum atomic E-state index is 10.9. The molecule has 0 bridgehead atoms. The fourth-order valence-electron chi connectivity index (χ4n) is 1.39. The van der Waals surface area contributed by atoms with E-state index in [1.165, 1.54) is 25.3 Å². The van der Waals surface area contributed by atoms with Gasteiger partial charge in [-0.3, -0.25) is 4.79 Å². The van der Waals surface area contributed by atoms with Crippen LogP contribution < -0.4 is 5.73 Å². The van der Waals surface area contributed by atoms with Gasteiger partial charge in [0.1, 0.15) is 6.10 Å². The maximum absolute atomic E-state index is 10.9. The molecule has 17 heavy (non-hydrogen) atoms. The Labute approximate surface area is 104 Å². The van der Waals surface area contributed by atoms with Gasteiger partial charge in [0, 0.05) is 10.7 Å². The van der Waals surface area contributed by atoms with Crippen molar-refractivity contribution in [3.8, 4) is 0 Å². The molecule has 4 N–H and O–H groups in total. The molecule has 1 aromatic rings. The Bertz CT molecular complexity index is 390. The monoisotopic (exact) mass is 259 g/mol. The summed E-state index contributed by atoms with van der Waals surface area (Å²) in [7, 11) is 1.21. The van der Waals surface area contributed by atoms with E-state index >= 15 is 0 Å². The first-order valence-electron chi connectivity index (χ1n) is 4.93. The molecule has 1 aromatic carbocycles. The first-order chi connectivity index (χ1) is 7.93. The SMILES string of the molecule is COC(=O)CC(O)C(O)c1cc(N)cc(Cl)c1. The minimum Gasteiger partial charge on any atom is -0.469 e. The summed E-state index contributed by atoms with van der Waals surface area (Å²) in [5, 5.41) is 19.8. The molecular weight excluding hydrogens is 246 g/mol. The summed E-state index contributed by atoms with van der Waals surface area (Å²) in [6.45, 7) is 0. The van der Waals surface area contributed by atoms with E-state index in [1.807, 2.05) is 0 Å². The number of esters is 1. The minimum atomic E-state index is -1.26. The molecule has 0 aliphatic rings. The van der Waals surface area contributed by atoms with Crippen molar-refractivity contribution in [1.82, 2.24) is 0 Å². The average Bonchev–Trinajstić information content (AvgIpc) is 2.26. The molecule has 0 heterocycles. The molecule has 94 valence electrons. The van der Waals surface area contributed by atoms with Crippen molar-refractivity contribution in [3.05, 3.63) is 28.8 Å². The highest BCUT2D eigenvalue weighted by atomic mass is 35.5. The molecule has 2 atom stereocenters. The molecule has 6 heteroatoms. The van der Waals surface area contributed by atoms with Crippen LogP contribution in [0.5, 0.6) is 0 Å². The van der Waals surface area contributed by atoms with E-state index in [4.69, 9.17) is 17.3 Å². The van der Waals surface area contributed by atoms with Gasteiger partial charge in [0.25, 0.3) is 0 Å². The van der Waals surface area contributed by atoms with Crippen LogP contribution in [0.25, 0.3) is 0 Å². The number of aliphatic hydroxyl groups is 2. The predicted octanol–water partition coefficient (Wildman–Crippen LogP) is 0.880. The standard InChI is InChI=1S/C11H14ClNO4/c1-17-10(15)5-9(14)11(16)6-2-7(12)4-8(13)3-6/h2-4,9,11,14,16H,5,13H2,1H3. The fourth-order valence-corrected chi connectivity index (χ4v) is 1.65. The van der Waals surface area contributed by atoms with Crippen LogP contribution in [0.2, 0.25) is 5.02 Å². The Morgan fingerprint density at radius 1 is 1.47 bits per heavy atom. The normalized spacial score (nSPS) is 14.1. The summed E-state index contributed by atoms with van der Waals surface area (Å²) in [6.07, 6.45) is -2.81. The number of hydrogen-bond donors (Lipinski definition) is 3. The first kappa shape index (κ1) is 13.8. The third kappa shape index (κ3) is 3.89. The molecule has 0 aliphatic heterocycles. The van der Waals surface area contributed by atoms with E-state index in [9.17, 15) is 15.0 Å². The number of benzene rings is 1. The maximum Gasteiger partial charge on any atom is 0.308 e. The van der Waals surface area contributed by atoms with Gasteiger partial charge in [-0.15, -0.1) is 0 Å². The van der Waals surface area contributed by atoms with Crippen LogP contribution in [0.1, 0.15) is 18.1 Å². The molecule has 0 aromatic heterocycles. The zero-order valence-corrected chi connectivity index (χ0v) is 10.0. The zero-order chi connectivity index (χ0) is 13.0. The number of methoxy groups -OCH3 is 1. The van der Waals surface area contributed by atoms with Crippen LogP contribution >= 0.6 is 11.6 Å². The number of aliphatic hydroxyl groups excluding tert-OH is 2. The van der Waals surface area contributed by atoms with Gasteiger partial charge >= 0.3 is 5.97 Å². The minimum absolute atomic E-state index is 0.302. The lowest BCUT2D eigenvalue weighted by Crippen LogP contribution is -2.22. The largest absolute Gasteiger partial charge is 0.469 e. The van der Waals surface area contributed by atoms with Crippen molar-refractivity contribution in [2.75, 3.05) is 12.8 Å². The third-order valence-electron chi connectivity index (χ3n) is 2.25. The lowest BCUT2D eigenvalue weighted by Gasteiger charge is -2.17. The second-order valence-electron chi connectivity index (χ2n) is 3.61. The van der Waals surface area contributed by atoms with Gasteiger partial charge in [-0.25, -0.2) is 0 Å². The highest BCUT2D eigenvalue weighted by molar-refractivity contribution is 6.30. The summed E-state index contributed by atoms with van der Waals surface area (Å²) >= 11 is 5.77. The fraction of sp³-hybridized carbons (Fsp3) is 0.364. The molecule has 1 rings (SSSR count). The van der Waals surface area contributed by atoms with Crippen molar-refractivity contribution in [1.29, 1.82) is 0 Å². The van der Waals surface area contributed by atoms with Crippen LogP contribution in [0, 0.1) is 0 Å². The topological polar surface area (TPSA) is 92.8 Å². The lowest BCUT2D eigenvalue weighted by molar-refractivity contribution is -0.144. The number of nitrogens with two attached hydrogens (primary N) is 1. The van der Waals surface area contributed by atoms with Crippen LogP contribution in [0.15, 0.2) is 18.2 Å². The van der Waals surface area contributed by atoms with Crippen molar-refractivity contribution >= 4 is 23.3 Å². The van der Waals surface area contributed by atoms with E-state index in [1.54, 1.807) is 0 Å². The van der Waals surface area contributed by atoms with Gasteiger partial charge in [0.05, 0.1) is 19.6 Å². The molecule has 0 radical (unpaired) electrons. The molecule has 0 aliphatic carbocycles. The Morgan fingerprint density at radius 3 is 2.65 bits per heavy atom. The van der Waals surface area contributed by atoms with E-state index in [0.717, 1.165) is 0 Å². The number of anilines is 1. The number of carbonyl (C=O) groups is 1. The smallest absolute Gasteiger partial charge is 0.308 e. The summed E-state index contributed by atoms with van der Waals surface area (Å²) in [5.74, 6) is -0.605. The molecular formula is C11H14ClNO4. The van der Waals surface area contributed by atoms with Crippen molar-refractivity contribution < 1.29 is 19.7 Å². The molecule has 0 saturated heterocycles. The van der Waals surface area contributed by atoms with E-state index in [-0.39, 0.29) is 6.42 Å². The average molecular weight is 260 g/mol. The second kappa shape index (κ2) is 5.86. The molecule has 0 saturated carbocycles. The first-order valence-corrected chi connectivity index (χ1v) is 5.30. The summed E-state index contributed by atoms with van der Waals surface area (Å²) in [5.41, 5.74) is 6.28. The van der Waals surface area contributed by atoms with Gasteiger partial charge in [0.2, 0.25) is 0 Å². The van der Waals surface area contributed by atoms with Crippen molar-refractivity contribution in [2.45, 2.75) is 18.6 Å². The third-order valence-corrected chi connectivity index (χ3v) is 2.47. The number of ether oxygens (including phenoxy) is 1. The second-order valence-corrected chi connectivity index (χ2v) is 4.05. The van der Waals surface area contributed by atoms with Crippen LogP contribution in [-0.2, 0) is 9.53 Å². The summed E-state index contributed by atoms with van der Waals surface area (Å²) in [6, 6.07) is 4.48. The highest BCUT2D eigenvalue weighted by Crippen LogP contribution is 2.25.